The van der Waals surface area contributed by atoms with Crippen LogP contribution >= 0.6 is 11.6 Å². The van der Waals surface area contributed by atoms with Crippen LogP contribution in [0.5, 0.6) is 0 Å². The predicted molar refractivity (Wildman–Crippen MR) is 85.8 cm³/mol. The molecular formula is C17H14ClN3O2. The molecule has 1 aliphatic heterocycles. The molecule has 1 aliphatic rings. The topological polar surface area (TPSA) is 64.0 Å². The summed E-state index contributed by atoms with van der Waals surface area (Å²) in [5.74, 6) is 4.97. The lowest BCUT2D eigenvalue weighted by molar-refractivity contribution is -0.134. The van der Waals surface area contributed by atoms with E-state index in [1.165, 1.54) is 0 Å². The molecule has 1 saturated heterocycles. The number of hydrogen-bond donors (Lipinski definition) is 1. The van der Waals surface area contributed by atoms with Crippen LogP contribution < -0.4 is 5.32 Å². The number of hydrogen-bond acceptors (Lipinski definition) is 3. The summed E-state index contributed by atoms with van der Waals surface area (Å²) in [6.07, 6.45) is 2.59. The first-order chi connectivity index (χ1) is 11.0. The maximum absolute atomic E-state index is 12.0. The average Bonchev–Trinajstić information content (AvgIpc) is 2.92. The smallest absolute Gasteiger partial charge is 0.234 e. The van der Waals surface area contributed by atoms with Gasteiger partial charge in [0.1, 0.15) is 5.69 Å². The van der Waals surface area contributed by atoms with Gasteiger partial charge in [-0.2, -0.15) is 5.10 Å². The van der Waals surface area contributed by atoms with Crippen LogP contribution in [0.25, 0.3) is 0 Å². The van der Waals surface area contributed by atoms with Gasteiger partial charge in [0.25, 0.3) is 0 Å². The van der Waals surface area contributed by atoms with E-state index in [1.54, 1.807) is 16.8 Å². The summed E-state index contributed by atoms with van der Waals surface area (Å²) in [5.41, 5.74) is 1.99. The van der Waals surface area contributed by atoms with E-state index < -0.39 is 5.92 Å². The van der Waals surface area contributed by atoms with E-state index in [-0.39, 0.29) is 11.8 Å². The van der Waals surface area contributed by atoms with Crippen LogP contribution in [0.15, 0.2) is 30.5 Å². The number of halogens is 1. The van der Waals surface area contributed by atoms with Gasteiger partial charge in [-0.1, -0.05) is 29.7 Å². The van der Waals surface area contributed by atoms with E-state index in [4.69, 9.17) is 11.6 Å². The van der Waals surface area contributed by atoms with Crippen molar-refractivity contribution in [2.45, 2.75) is 18.8 Å². The van der Waals surface area contributed by atoms with Crippen molar-refractivity contribution in [3.8, 4) is 11.8 Å². The molecule has 1 fully saturated rings. The van der Waals surface area contributed by atoms with Gasteiger partial charge in [-0.05, 0) is 30.0 Å². The number of benzene rings is 1. The number of rotatable bonds is 1. The van der Waals surface area contributed by atoms with E-state index in [0.717, 1.165) is 0 Å². The largest absolute Gasteiger partial charge is 0.296 e. The van der Waals surface area contributed by atoms with Crippen molar-refractivity contribution in [3.63, 3.8) is 0 Å². The molecule has 0 spiro atoms. The minimum Gasteiger partial charge on any atom is -0.296 e. The first kappa shape index (κ1) is 15.3. The fraction of sp³-hybridized carbons (Fsp3) is 0.235. The molecule has 1 N–H and O–H groups in total. The van der Waals surface area contributed by atoms with Gasteiger partial charge in [0.2, 0.25) is 11.8 Å². The van der Waals surface area contributed by atoms with E-state index in [2.05, 4.69) is 22.3 Å². The Morgan fingerprint density at radius 2 is 2.13 bits per heavy atom. The number of piperidine rings is 1. The number of aromatic nitrogens is 2. The zero-order chi connectivity index (χ0) is 16.4. The van der Waals surface area contributed by atoms with Gasteiger partial charge in [0, 0.05) is 25.2 Å². The molecule has 0 radical (unpaired) electrons. The molecular weight excluding hydrogens is 314 g/mol. The summed E-state index contributed by atoms with van der Waals surface area (Å²) in [6, 6.07) is 7.22. The van der Waals surface area contributed by atoms with Gasteiger partial charge in [-0.25, -0.2) is 0 Å². The normalized spacial score (nSPS) is 17.4. The zero-order valence-corrected chi connectivity index (χ0v) is 13.2. The highest BCUT2D eigenvalue weighted by atomic mass is 35.5. The molecule has 1 aromatic carbocycles. The van der Waals surface area contributed by atoms with E-state index in [1.807, 2.05) is 25.4 Å². The maximum Gasteiger partial charge on any atom is 0.234 e. The summed E-state index contributed by atoms with van der Waals surface area (Å²) in [7, 11) is 1.82. The fourth-order valence-corrected chi connectivity index (χ4v) is 2.82. The van der Waals surface area contributed by atoms with Crippen LogP contribution in [-0.2, 0) is 16.6 Å². The van der Waals surface area contributed by atoms with Gasteiger partial charge >= 0.3 is 0 Å². The van der Waals surface area contributed by atoms with Crippen LogP contribution in [0.1, 0.15) is 35.6 Å². The summed E-state index contributed by atoms with van der Waals surface area (Å²) in [4.78, 5) is 23.3. The van der Waals surface area contributed by atoms with Gasteiger partial charge in [0.15, 0.2) is 0 Å². The number of carbonyl (C=O) groups excluding carboxylic acids is 2. The highest BCUT2D eigenvalue weighted by Crippen LogP contribution is 2.32. The molecule has 6 heteroatoms. The van der Waals surface area contributed by atoms with Crippen LogP contribution in [0.2, 0.25) is 5.02 Å². The lowest BCUT2D eigenvalue weighted by atomic mass is 9.89. The summed E-state index contributed by atoms with van der Waals surface area (Å²) < 4.78 is 1.67. The fourth-order valence-electron chi connectivity index (χ4n) is 2.52. The van der Waals surface area contributed by atoms with E-state index in [9.17, 15) is 9.59 Å². The van der Waals surface area contributed by atoms with Crippen LogP contribution in [0.4, 0.5) is 0 Å². The molecule has 23 heavy (non-hydrogen) atoms. The second-order valence-electron chi connectivity index (χ2n) is 5.34. The zero-order valence-electron chi connectivity index (χ0n) is 12.5. The minimum atomic E-state index is -0.420. The second kappa shape index (κ2) is 6.27. The van der Waals surface area contributed by atoms with Gasteiger partial charge < -0.3 is 0 Å². The first-order valence-corrected chi connectivity index (χ1v) is 7.56. The lowest BCUT2D eigenvalue weighted by Gasteiger charge is -2.22. The summed E-state index contributed by atoms with van der Waals surface area (Å²) in [5, 5.41) is 6.99. The Hall–Kier alpha value is -2.58. The highest BCUT2D eigenvalue weighted by Gasteiger charge is 2.29. The summed E-state index contributed by atoms with van der Waals surface area (Å²) in [6.45, 7) is 0. The molecule has 3 rings (SSSR count). The molecule has 116 valence electrons. The van der Waals surface area contributed by atoms with Gasteiger partial charge in [-0.3, -0.25) is 19.6 Å². The van der Waals surface area contributed by atoms with Crippen molar-refractivity contribution < 1.29 is 9.59 Å². The average molecular weight is 328 g/mol. The van der Waals surface area contributed by atoms with Crippen LogP contribution in [0, 0.1) is 11.8 Å². The molecule has 0 saturated carbocycles. The Morgan fingerprint density at radius 3 is 2.83 bits per heavy atom. The third kappa shape index (κ3) is 3.27. The third-order valence-electron chi connectivity index (χ3n) is 3.68. The van der Waals surface area contributed by atoms with Crippen molar-refractivity contribution in [1.82, 2.24) is 15.1 Å². The molecule has 2 aromatic rings. The minimum absolute atomic E-state index is 0.242. The van der Waals surface area contributed by atoms with Crippen molar-refractivity contribution >= 4 is 23.4 Å². The molecule has 0 aliphatic carbocycles. The summed E-state index contributed by atoms with van der Waals surface area (Å²) >= 11 is 6.42. The molecule has 1 aromatic heterocycles. The van der Waals surface area contributed by atoms with Crippen molar-refractivity contribution in [1.29, 1.82) is 0 Å². The first-order valence-electron chi connectivity index (χ1n) is 7.18. The van der Waals surface area contributed by atoms with Crippen molar-refractivity contribution in [2.75, 3.05) is 0 Å². The second-order valence-corrected chi connectivity index (χ2v) is 5.72. The van der Waals surface area contributed by atoms with Crippen molar-refractivity contribution in [3.05, 3.63) is 52.3 Å². The Kier molecular flexibility index (Phi) is 4.18. The highest BCUT2D eigenvalue weighted by molar-refractivity contribution is 6.33. The number of carbonyl (C=O) groups is 2. The number of imide groups is 1. The Bertz CT molecular complexity index is 845. The predicted octanol–water partition coefficient (Wildman–Crippen LogP) is 1.99. The molecule has 1 unspecified atom stereocenters. The number of nitrogens with zero attached hydrogens (tertiary/aromatic N) is 2. The molecule has 5 nitrogen and oxygen atoms in total. The standard InChI is InChI=1S/C17H14ClN3O2/c1-21-10-9-12(20-21)6-5-11-3-2-4-13(16(11)18)14-7-8-15(22)19-17(14)23/h2-4,9-10,14H,7-8H2,1H3,(H,19,22,23). The maximum atomic E-state index is 12.0. The Balaban J connectivity index is 1.91. The number of nitrogens with one attached hydrogen (secondary N) is 1. The molecule has 1 atom stereocenters. The molecule has 2 heterocycles. The molecule has 0 bridgehead atoms. The number of aryl methyl sites for hydroxylation is 1. The Labute approximate surface area is 138 Å². The monoisotopic (exact) mass is 327 g/mol. The Morgan fingerprint density at radius 1 is 1.30 bits per heavy atom. The third-order valence-corrected chi connectivity index (χ3v) is 4.10. The SMILES string of the molecule is Cn1ccc(C#Cc2cccc(C3CCC(=O)NC3=O)c2Cl)n1. The molecule has 2 amide bonds. The van der Waals surface area contributed by atoms with E-state index >= 15 is 0 Å². The van der Waals surface area contributed by atoms with Crippen LogP contribution in [-0.4, -0.2) is 21.6 Å². The van der Waals surface area contributed by atoms with Gasteiger partial charge in [-0.15, -0.1) is 0 Å². The van der Waals surface area contributed by atoms with Crippen LogP contribution in [0.3, 0.4) is 0 Å². The van der Waals surface area contributed by atoms with E-state index in [0.29, 0.717) is 34.7 Å². The lowest BCUT2D eigenvalue weighted by Crippen LogP contribution is -2.39. The van der Waals surface area contributed by atoms with Gasteiger partial charge in [0.05, 0.1) is 10.9 Å². The quantitative estimate of drug-likeness (QED) is 0.643. The number of amides is 2. The van der Waals surface area contributed by atoms with Crippen molar-refractivity contribution in [2.24, 2.45) is 7.05 Å².